The summed E-state index contributed by atoms with van der Waals surface area (Å²) in [5.74, 6) is -1.64. The number of carbonyl (C=O) groups is 3. The van der Waals surface area contributed by atoms with Gasteiger partial charge in [0.05, 0.1) is 12.0 Å². The Bertz CT molecular complexity index is 370. The Morgan fingerprint density at radius 1 is 0.900 bits per heavy atom. The molecule has 0 aliphatic carbocycles. The maximum absolute atomic E-state index is 11.6. The molecule has 0 aromatic carbocycles. The lowest BCUT2D eigenvalue weighted by atomic mass is 9.91. The van der Waals surface area contributed by atoms with E-state index in [-0.39, 0.29) is 25.8 Å². The van der Waals surface area contributed by atoms with Crippen molar-refractivity contribution in [3.05, 3.63) is 12.2 Å². The summed E-state index contributed by atoms with van der Waals surface area (Å²) in [4.78, 5) is 33.7. The summed E-state index contributed by atoms with van der Waals surface area (Å²) in [5, 5.41) is 0. The van der Waals surface area contributed by atoms with E-state index >= 15 is 0 Å². The average molecular weight is 286 g/mol. The summed E-state index contributed by atoms with van der Waals surface area (Å²) in [7, 11) is 0. The molecule has 0 aliphatic rings. The molecule has 0 N–H and O–H groups in total. The highest BCUT2D eigenvalue weighted by atomic mass is 16.6. The van der Waals surface area contributed by atoms with Crippen LogP contribution in [-0.2, 0) is 28.6 Å². The van der Waals surface area contributed by atoms with Crippen LogP contribution in [0.4, 0.5) is 0 Å². The normalized spacial score (nSPS) is 11.2. The van der Waals surface area contributed by atoms with Gasteiger partial charge in [0, 0.05) is 12.2 Å². The van der Waals surface area contributed by atoms with E-state index in [0.29, 0.717) is 6.42 Å². The van der Waals surface area contributed by atoms with Crippen LogP contribution in [-0.4, -0.2) is 37.7 Å². The van der Waals surface area contributed by atoms with E-state index < -0.39 is 17.4 Å². The van der Waals surface area contributed by atoms with Gasteiger partial charge in [-0.2, -0.15) is 0 Å². The summed E-state index contributed by atoms with van der Waals surface area (Å²) in [6, 6.07) is 0. The highest BCUT2D eigenvalue weighted by Gasteiger charge is 2.26. The van der Waals surface area contributed by atoms with Crippen molar-refractivity contribution in [2.45, 2.75) is 34.1 Å². The zero-order chi connectivity index (χ0) is 15.6. The second-order valence-electron chi connectivity index (χ2n) is 4.63. The van der Waals surface area contributed by atoms with E-state index in [1.54, 1.807) is 20.8 Å². The first-order valence-electron chi connectivity index (χ1n) is 6.52. The molecular weight excluding hydrogens is 264 g/mol. The number of hydrogen-bond donors (Lipinski definition) is 0. The average Bonchev–Trinajstić information content (AvgIpc) is 2.41. The summed E-state index contributed by atoms with van der Waals surface area (Å²) in [5.41, 5.74) is -0.548. The lowest BCUT2D eigenvalue weighted by Gasteiger charge is -2.20. The fourth-order valence-corrected chi connectivity index (χ4v) is 0.991. The highest BCUT2D eigenvalue weighted by Crippen LogP contribution is 2.21. The van der Waals surface area contributed by atoms with Gasteiger partial charge in [0.1, 0.15) is 13.2 Å². The summed E-state index contributed by atoms with van der Waals surface area (Å²) < 4.78 is 14.3. The summed E-state index contributed by atoms with van der Waals surface area (Å²) in [6.45, 7) is 7.28. The molecule has 0 atom stereocenters. The summed E-state index contributed by atoms with van der Waals surface area (Å²) >= 11 is 0. The number of hydrogen-bond acceptors (Lipinski definition) is 6. The van der Waals surface area contributed by atoms with Crippen LogP contribution < -0.4 is 0 Å². The number of ether oxygens (including phenoxy) is 3. The van der Waals surface area contributed by atoms with Crippen LogP contribution in [0.1, 0.15) is 34.1 Å². The minimum absolute atomic E-state index is 0.0126. The van der Waals surface area contributed by atoms with Crippen LogP contribution in [0, 0.1) is 5.41 Å². The Balaban J connectivity index is 3.88. The Morgan fingerprint density at radius 2 is 1.40 bits per heavy atom. The predicted octanol–water partition coefficient (Wildman–Crippen LogP) is 1.63. The lowest BCUT2D eigenvalue weighted by Crippen LogP contribution is -2.27. The molecule has 0 saturated heterocycles. The Kier molecular flexibility index (Phi) is 8.27. The molecule has 0 heterocycles. The van der Waals surface area contributed by atoms with Crippen molar-refractivity contribution in [2.24, 2.45) is 5.41 Å². The first-order chi connectivity index (χ1) is 9.33. The lowest BCUT2D eigenvalue weighted by molar-refractivity contribution is -0.157. The van der Waals surface area contributed by atoms with Gasteiger partial charge in [-0.25, -0.2) is 9.59 Å². The maximum Gasteiger partial charge on any atom is 0.331 e. The van der Waals surface area contributed by atoms with E-state index in [1.807, 2.05) is 6.92 Å². The van der Waals surface area contributed by atoms with Gasteiger partial charge in [-0.3, -0.25) is 4.79 Å². The van der Waals surface area contributed by atoms with Gasteiger partial charge in [-0.15, -0.1) is 0 Å². The molecule has 0 saturated carbocycles. The van der Waals surface area contributed by atoms with E-state index in [4.69, 9.17) is 9.47 Å². The molecule has 0 fully saturated rings. The molecule has 0 aliphatic heterocycles. The molecule has 0 aromatic rings. The van der Waals surface area contributed by atoms with Crippen molar-refractivity contribution in [1.29, 1.82) is 0 Å². The molecule has 6 nitrogen and oxygen atoms in total. The predicted molar refractivity (Wildman–Crippen MR) is 71.8 cm³/mol. The van der Waals surface area contributed by atoms with Crippen molar-refractivity contribution in [2.75, 3.05) is 19.8 Å². The third-order valence-corrected chi connectivity index (χ3v) is 2.64. The van der Waals surface area contributed by atoms with Gasteiger partial charge in [-0.1, -0.05) is 6.92 Å². The molecule has 0 radical (unpaired) electrons. The first kappa shape index (κ1) is 18.1. The van der Waals surface area contributed by atoms with Crippen molar-refractivity contribution < 1.29 is 28.6 Å². The van der Waals surface area contributed by atoms with Crippen molar-refractivity contribution in [1.82, 2.24) is 0 Å². The van der Waals surface area contributed by atoms with Gasteiger partial charge < -0.3 is 14.2 Å². The van der Waals surface area contributed by atoms with Crippen molar-refractivity contribution in [3.63, 3.8) is 0 Å². The molecule has 0 aromatic heterocycles. The van der Waals surface area contributed by atoms with E-state index in [2.05, 4.69) is 4.74 Å². The number of carbonyl (C=O) groups excluding carboxylic acids is 3. The molecule has 0 spiro atoms. The Morgan fingerprint density at radius 3 is 1.90 bits per heavy atom. The minimum Gasteiger partial charge on any atom is -0.463 e. The molecule has 20 heavy (non-hydrogen) atoms. The largest absolute Gasteiger partial charge is 0.463 e. The van der Waals surface area contributed by atoms with Gasteiger partial charge in [-0.05, 0) is 27.2 Å². The standard InChI is InChI=1S/C14H22O6/c1-5-14(3,4)13(17)20-10-9-19-12(16)8-7-11(15)18-6-2/h7-8H,5-6,9-10H2,1-4H3/b8-7-. The third kappa shape index (κ3) is 7.56. The Labute approximate surface area is 119 Å². The summed E-state index contributed by atoms with van der Waals surface area (Å²) in [6.07, 6.45) is 2.61. The third-order valence-electron chi connectivity index (χ3n) is 2.64. The van der Waals surface area contributed by atoms with E-state index in [1.165, 1.54) is 0 Å². The second kappa shape index (κ2) is 9.12. The highest BCUT2D eigenvalue weighted by molar-refractivity contribution is 5.91. The first-order valence-corrected chi connectivity index (χ1v) is 6.52. The SMILES string of the molecule is CCOC(=O)/C=C\C(=O)OCCOC(=O)C(C)(C)CC. The molecule has 114 valence electrons. The van der Waals surface area contributed by atoms with Gasteiger partial charge in [0.2, 0.25) is 0 Å². The molecule has 6 heteroatoms. The topological polar surface area (TPSA) is 78.9 Å². The van der Waals surface area contributed by atoms with Gasteiger partial charge >= 0.3 is 17.9 Å². The fourth-order valence-electron chi connectivity index (χ4n) is 0.991. The van der Waals surface area contributed by atoms with Crippen LogP contribution in [0.3, 0.4) is 0 Å². The number of rotatable bonds is 8. The van der Waals surface area contributed by atoms with Crippen molar-refractivity contribution >= 4 is 17.9 Å². The van der Waals surface area contributed by atoms with Crippen LogP contribution >= 0.6 is 0 Å². The van der Waals surface area contributed by atoms with Crippen LogP contribution in [0.25, 0.3) is 0 Å². The maximum atomic E-state index is 11.6. The molecular formula is C14H22O6. The minimum atomic E-state index is -0.691. The fraction of sp³-hybridized carbons (Fsp3) is 0.643. The van der Waals surface area contributed by atoms with E-state index in [0.717, 1.165) is 12.2 Å². The van der Waals surface area contributed by atoms with Crippen LogP contribution in [0.5, 0.6) is 0 Å². The van der Waals surface area contributed by atoms with Crippen LogP contribution in [0.15, 0.2) is 12.2 Å². The second-order valence-corrected chi connectivity index (χ2v) is 4.63. The molecule has 0 unspecified atom stereocenters. The monoisotopic (exact) mass is 286 g/mol. The van der Waals surface area contributed by atoms with Crippen molar-refractivity contribution in [3.8, 4) is 0 Å². The molecule has 0 rings (SSSR count). The zero-order valence-corrected chi connectivity index (χ0v) is 12.4. The van der Waals surface area contributed by atoms with E-state index in [9.17, 15) is 14.4 Å². The number of esters is 3. The Hall–Kier alpha value is -1.85. The van der Waals surface area contributed by atoms with Gasteiger partial charge in [0.15, 0.2) is 0 Å². The smallest absolute Gasteiger partial charge is 0.331 e. The zero-order valence-electron chi connectivity index (χ0n) is 12.4. The van der Waals surface area contributed by atoms with Crippen LogP contribution in [0.2, 0.25) is 0 Å². The quantitative estimate of drug-likeness (QED) is 0.292. The van der Waals surface area contributed by atoms with Gasteiger partial charge in [0.25, 0.3) is 0 Å². The molecule has 0 amide bonds. The molecule has 0 bridgehead atoms.